The van der Waals surface area contributed by atoms with Crippen molar-refractivity contribution in [1.82, 2.24) is 19.7 Å². The van der Waals surface area contributed by atoms with Gasteiger partial charge in [0, 0.05) is 51.6 Å². The molecule has 3 rings (SSSR count). The highest BCUT2D eigenvalue weighted by molar-refractivity contribution is 5.80. The second-order valence-electron chi connectivity index (χ2n) is 9.13. The van der Waals surface area contributed by atoms with Crippen LogP contribution in [0.4, 0.5) is 0 Å². The molecule has 2 aliphatic rings. The second kappa shape index (κ2) is 8.64. The summed E-state index contributed by atoms with van der Waals surface area (Å²) in [6.45, 7) is 13.2. The van der Waals surface area contributed by atoms with Gasteiger partial charge in [-0.1, -0.05) is 20.8 Å². The summed E-state index contributed by atoms with van der Waals surface area (Å²) in [7, 11) is 0. The zero-order valence-electron chi connectivity index (χ0n) is 17.7. The van der Waals surface area contributed by atoms with Gasteiger partial charge in [0.2, 0.25) is 17.7 Å². The summed E-state index contributed by atoms with van der Waals surface area (Å²) >= 11 is 0. The first-order chi connectivity index (χ1) is 13.2. The van der Waals surface area contributed by atoms with Crippen molar-refractivity contribution in [2.45, 2.75) is 58.9 Å². The van der Waals surface area contributed by atoms with Crippen molar-refractivity contribution < 1.29 is 14.0 Å². The first-order valence-electron chi connectivity index (χ1n) is 10.5. The Morgan fingerprint density at radius 2 is 1.86 bits per heavy atom. The van der Waals surface area contributed by atoms with E-state index in [0.29, 0.717) is 13.1 Å². The summed E-state index contributed by atoms with van der Waals surface area (Å²) < 4.78 is 5.92. The minimum Gasteiger partial charge on any atom is -0.444 e. The van der Waals surface area contributed by atoms with Crippen molar-refractivity contribution in [1.29, 1.82) is 0 Å². The average Bonchev–Trinajstić information content (AvgIpc) is 3.00. The summed E-state index contributed by atoms with van der Waals surface area (Å²) in [4.78, 5) is 35.2. The van der Waals surface area contributed by atoms with E-state index in [1.54, 1.807) is 6.92 Å². The number of likely N-dealkylation sites (tertiary alicyclic amines) is 1. The highest BCUT2D eigenvalue weighted by Crippen LogP contribution is 2.24. The molecule has 2 aliphatic heterocycles. The lowest BCUT2D eigenvalue weighted by Gasteiger charge is -2.34. The predicted octanol–water partition coefficient (Wildman–Crippen LogP) is 2.26. The molecule has 1 aromatic rings. The van der Waals surface area contributed by atoms with Crippen LogP contribution < -0.4 is 0 Å². The number of nitrogens with zero attached hydrogens (tertiary/aromatic N) is 4. The summed E-state index contributed by atoms with van der Waals surface area (Å²) in [5, 5.41) is 0. The topological polar surface area (TPSA) is 69.9 Å². The van der Waals surface area contributed by atoms with Gasteiger partial charge in [-0.15, -0.1) is 0 Å². The van der Waals surface area contributed by atoms with Gasteiger partial charge in [0.05, 0.1) is 18.7 Å². The van der Waals surface area contributed by atoms with E-state index >= 15 is 0 Å². The fourth-order valence-corrected chi connectivity index (χ4v) is 3.99. The molecule has 3 heterocycles. The van der Waals surface area contributed by atoms with Crippen molar-refractivity contribution in [2.75, 3.05) is 39.3 Å². The lowest BCUT2D eigenvalue weighted by Crippen LogP contribution is -2.47. The molecule has 1 aromatic heterocycles. The van der Waals surface area contributed by atoms with E-state index in [1.165, 1.54) is 0 Å². The number of piperidine rings is 1. The van der Waals surface area contributed by atoms with Crippen LogP contribution in [0.3, 0.4) is 0 Å². The molecular formula is C21H34N4O3. The Bertz CT molecular complexity index is 694. The third kappa shape index (κ3) is 5.13. The minimum atomic E-state index is -0.0507. The van der Waals surface area contributed by atoms with Gasteiger partial charge in [-0.3, -0.25) is 14.5 Å². The predicted molar refractivity (Wildman–Crippen MR) is 107 cm³/mol. The van der Waals surface area contributed by atoms with E-state index < -0.39 is 0 Å². The normalized spacial score (nSPS) is 22.2. The van der Waals surface area contributed by atoms with E-state index in [0.717, 1.165) is 63.6 Å². The first-order valence-corrected chi connectivity index (χ1v) is 10.5. The molecule has 0 radical (unpaired) electrons. The van der Waals surface area contributed by atoms with E-state index in [2.05, 4.69) is 30.7 Å². The number of hydrogen-bond donors (Lipinski definition) is 0. The molecule has 7 nitrogen and oxygen atoms in total. The maximum absolute atomic E-state index is 13.0. The fourth-order valence-electron chi connectivity index (χ4n) is 3.99. The van der Waals surface area contributed by atoms with Crippen molar-refractivity contribution in [3.63, 3.8) is 0 Å². The van der Waals surface area contributed by atoms with Crippen molar-refractivity contribution in [3.05, 3.63) is 17.8 Å². The molecule has 0 aromatic carbocycles. The quantitative estimate of drug-likeness (QED) is 0.792. The standard InChI is InChI=1S/C21H34N4O3/c1-16(26)25-9-5-7-17(14-25)20(27)24-10-6-8-23(11-12-24)15-19-22-13-18(28-19)21(2,3)4/h13,17H,5-12,14-15H2,1-4H3. The van der Waals surface area contributed by atoms with E-state index in [-0.39, 0.29) is 23.1 Å². The molecule has 0 bridgehead atoms. The van der Waals surface area contributed by atoms with Crippen LogP contribution in [0.5, 0.6) is 0 Å². The van der Waals surface area contributed by atoms with Crippen LogP contribution in [-0.2, 0) is 21.5 Å². The highest BCUT2D eigenvalue weighted by atomic mass is 16.4. The Hall–Kier alpha value is -1.89. The molecule has 156 valence electrons. The van der Waals surface area contributed by atoms with Gasteiger partial charge in [-0.05, 0) is 19.3 Å². The molecule has 1 atom stereocenters. The lowest BCUT2D eigenvalue weighted by atomic mass is 9.94. The summed E-state index contributed by atoms with van der Waals surface area (Å²) in [5.41, 5.74) is -0.0407. The van der Waals surface area contributed by atoms with Gasteiger partial charge in [0.15, 0.2) is 0 Å². The smallest absolute Gasteiger partial charge is 0.227 e. The summed E-state index contributed by atoms with van der Waals surface area (Å²) in [6.07, 6.45) is 4.57. The van der Waals surface area contributed by atoms with Crippen LogP contribution in [0, 0.1) is 5.92 Å². The molecule has 0 N–H and O–H groups in total. The Morgan fingerprint density at radius 3 is 2.54 bits per heavy atom. The van der Waals surface area contributed by atoms with Crippen molar-refractivity contribution >= 4 is 11.8 Å². The van der Waals surface area contributed by atoms with Crippen LogP contribution in [0.15, 0.2) is 10.6 Å². The zero-order chi connectivity index (χ0) is 20.3. The number of aromatic nitrogens is 1. The minimum absolute atomic E-state index is 0.0407. The van der Waals surface area contributed by atoms with Gasteiger partial charge in [0.1, 0.15) is 5.76 Å². The molecule has 0 saturated carbocycles. The third-order valence-corrected chi connectivity index (χ3v) is 5.77. The van der Waals surface area contributed by atoms with Gasteiger partial charge in [0.25, 0.3) is 0 Å². The number of hydrogen-bond acceptors (Lipinski definition) is 5. The Kier molecular flexibility index (Phi) is 6.43. The number of carbonyl (C=O) groups is 2. The number of oxazole rings is 1. The summed E-state index contributed by atoms with van der Waals surface area (Å²) in [6, 6.07) is 0. The van der Waals surface area contributed by atoms with Crippen molar-refractivity contribution in [3.8, 4) is 0 Å². The highest BCUT2D eigenvalue weighted by Gasteiger charge is 2.31. The Balaban J connectivity index is 1.53. The summed E-state index contributed by atoms with van der Waals surface area (Å²) in [5.74, 6) is 1.87. The SMILES string of the molecule is CC(=O)N1CCCC(C(=O)N2CCCN(Cc3ncc(C(C)(C)C)o3)CC2)C1. The van der Waals surface area contributed by atoms with Gasteiger partial charge in [-0.25, -0.2) is 4.98 Å². The molecule has 2 fully saturated rings. The van der Waals surface area contributed by atoms with Gasteiger partial charge >= 0.3 is 0 Å². The average molecular weight is 391 g/mol. The van der Waals surface area contributed by atoms with Crippen LogP contribution >= 0.6 is 0 Å². The first kappa shape index (κ1) is 20.8. The maximum Gasteiger partial charge on any atom is 0.227 e. The number of amides is 2. The zero-order valence-corrected chi connectivity index (χ0v) is 17.7. The van der Waals surface area contributed by atoms with E-state index in [1.807, 2.05) is 16.0 Å². The largest absolute Gasteiger partial charge is 0.444 e. The number of rotatable bonds is 3. The molecule has 7 heteroatoms. The maximum atomic E-state index is 13.0. The molecule has 0 spiro atoms. The molecule has 28 heavy (non-hydrogen) atoms. The van der Waals surface area contributed by atoms with Gasteiger partial charge < -0.3 is 14.2 Å². The lowest BCUT2D eigenvalue weighted by molar-refractivity contribution is -0.140. The Labute approximate surface area is 168 Å². The third-order valence-electron chi connectivity index (χ3n) is 5.77. The van der Waals surface area contributed by atoms with Crippen molar-refractivity contribution in [2.24, 2.45) is 5.92 Å². The fraction of sp³-hybridized carbons (Fsp3) is 0.762. The number of carbonyl (C=O) groups excluding carboxylic acids is 2. The van der Waals surface area contributed by atoms with Crippen LogP contribution in [0.25, 0.3) is 0 Å². The van der Waals surface area contributed by atoms with Crippen LogP contribution in [0.1, 0.15) is 58.6 Å². The van der Waals surface area contributed by atoms with Crippen LogP contribution in [0.2, 0.25) is 0 Å². The molecule has 0 aliphatic carbocycles. The Morgan fingerprint density at radius 1 is 1.11 bits per heavy atom. The molecular weight excluding hydrogens is 356 g/mol. The van der Waals surface area contributed by atoms with Crippen LogP contribution in [-0.4, -0.2) is 70.8 Å². The van der Waals surface area contributed by atoms with E-state index in [4.69, 9.17) is 4.42 Å². The monoisotopic (exact) mass is 390 g/mol. The molecule has 1 unspecified atom stereocenters. The van der Waals surface area contributed by atoms with Gasteiger partial charge in [-0.2, -0.15) is 0 Å². The second-order valence-corrected chi connectivity index (χ2v) is 9.13. The molecule has 2 amide bonds. The molecule has 2 saturated heterocycles. The van der Waals surface area contributed by atoms with E-state index in [9.17, 15) is 9.59 Å².